The fourth-order valence-corrected chi connectivity index (χ4v) is 7.52. The van der Waals surface area contributed by atoms with E-state index in [1.807, 2.05) is 48.0 Å². The first-order valence-electron chi connectivity index (χ1n) is 12.5. The molecule has 1 saturated heterocycles. The maximum Gasteiger partial charge on any atom is 0.265 e. The van der Waals surface area contributed by atoms with E-state index in [1.165, 1.54) is 17.1 Å². The molecule has 0 bridgehead atoms. The first-order valence-corrected chi connectivity index (χ1v) is 14.4. The summed E-state index contributed by atoms with van der Waals surface area (Å²) in [6, 6.07) is 11.6. The summed E-state index contributed by atoms with van der Waals surface area (Å²) >= 11 is 6.67. The minimum Gasteiger partial charge on any atom is -0.321 e. The Labute approximate surface area is 219 Å². The van der Waals surface area contributed by atoms with Gasteiger partial charge in [-0.3, -0.25) is 9.21 Å². The third kappa shape index (κ3) is 4.78. The number of fused-ring (bicyclic) bond motifs is 1. The van der Waals surface area contributed by atoms with Crippen LogP contribution in [-0.4, -0.2) is 41.2 Å². The highest BCUT2D eigenvalue weighted by atomic mass is 35.5. The molecule has 0 spiro atoms. The highest BCUT2D eigenvalue weighted by Crippen LogP contribution is 2.40. The van der Waals surface area contributed by atoms with Gasteiger partial charge in [0.25, 0.3) is 10.0 Å². The zero-order chi connectivity index (χ0) is 25.7. The molecule has 36 heavy (non-hydrogen) atoms. The predicted octanol–water partition coefficient (Wildman–Crippen LogP) is 4.93. The number of aromatic nitrogens is 3. The number of likely N-dealkylation sites (tertiary alicyclic amines) is 1. The van der Waals surface area contributed by atoms with Crippen LogP contribution in [0.3, 0.4) is 0 Å². The lowest BCUT2D eigenvalue weighted by Crippen LogP contribution is -2.33. The molecular formula is C27H34ClN5O2S. The molecule has 2 aliphatic heterocycles. The number of rotatable bonds is 6. The van der Waals surface area contributed by atoms with E-state index in [0.717, 1.165) is 36.6 Å². The minimum atomic E-state index is -3.71. The zero-order valence-corrected chi connectivity index (χ0v) is 23.0. The molecule has 0 N–H and O–H groups in total. The molecule has 0 saturated carbocycles. The number of sulfonamides is 1. The van der Waals surface area contributed by atoms with Gasteiger partial charge in [0.1, 0.15) is 12.2 Å². The van der Waals surface area contributed by atoms with Crippen LogP contribution in [0.15, 0.2) is 47.6 Å². The molecule has 2 aromatic carbocycles. The molecule has 1 aromatic heterocycles. The van der Waals surface area contributed by atoms with Gasteiger partial charge in [0, 0.05) is 37.1 Å². The van der Waals surface area contributed by atoms with Gasteiger partial charge in [-0.1, -0.05) is 44.5 Å². The number of piperidine rings is 1. The summed E-state index contributed by atoms with van der Waals surface area (Å²) in [4.78, 5) is 2.73. The third-order valence-corrected chi connectivity index (χ3v) is 9.73. The number of benzene rings is 2. The maximum absolute atomic E-state index is 13.7. The van der Waals surface area contributed by atoms with E-state index in [4.69, 9.17) is 11.6 Å². The molecular weight excluding hydrogens is 494 g/mol. The lowest BCUT2D eigenvalue weighted by molar-refractivity contribution is 0.176. The van der Waals surface area contributed by atoms with Crippen molar-refractivity contribution in [2.75, 3.05) is 17.4 Å². The maximum atomic E-state index is 13.7. The van der Waals surface area contributed by atoms with Gasteiger partial charge in [0.05, 0.1) is 17.1 Å². The van der Waals surface area contributed by atoms with E-state index >= 15 is 0 Å². The molecule has 0 unspecified atom stereocenters. The van der Waals surface area contributed by atoms with Gasteiger partial charge in [0.2, 0.25) is 0 Å². The van der Waals surface area contributed by atoms with E-state index < -0.39 is 10.0 Å². The Morgan fingerprint density at radius 3 is 2.72 bits per heavy atom. The summed E-state index contributed by atoms with van der Waals surface area (Å²) in [5.41, 5.74) is 3.06. The summed E-state index contributed by atoms with van der Waals surface area (Å²) in [7, 11) is -1.78. The van der Waals surface area contributed by atoms with Crippen molar-refractivity contribution in [3.63, 3.8) is 0 Å². The van der Waals surface area contributed by atoms with Gasteiger partial charge in [-0.05, 0) is 66.1 Å². The molecule has 2 aliphatic rings. The first kappa shape index (κ1) is 25.2. The summed E-state index contributed by atoms with van der Waals surface area (Å²) in [5, 5.41) is 8.74. The molecule has 0 radical (unpaired) electrons. The lowest BCUT2D eigenvalue weighted by atomic mass is 9.81. The van der Waals surface area contributed by atoms with Crippen LogP contribution in [0, 0.1) is 5.92 Å². The van der Waals surface area contributed by atoms with Gasteiger partial charge in [0.15, 0.2) is 0 Å². The Balaban J connectivity index is 1.42. The fraction of sp³-hybridized carbons (Fsp3) is 0.481. The van der Waals surface area contributed by atoms with Crippen LogP contribution in [0.5, 0.6) is 0 Å². The summed E-state index contributed by atoms with van der Waals surface area (Å²) in [6.07, 6.45) is 4.80. The molecule has 3 aromatic rings. The molecule has 1 atom stereocenters. The van der Waals surface area contributed by atoms with Crippen molar-refractivity contribution in [3.05, 3.63) is 70.3 Å². The topological polar surface area (TPSA) is 71.3 Å². The second-order valence-electron chi connectivity index (χ2n) is 11.0. The van der Waals surface area contributed by atoms with Gasteiger partial charge in [-0.15, -0.1) is 10.2 Å². The highest BCUT2D eigenvalue weighted by Gasteiger charge is 2.37. The Hall–Kier alpha value is -2.42. The summed E-state index contributed by atoms with van der Waals surface area (Å²) < 4.78 is 30.9. The quantitative estimate of drug-likeness (QED) is 0.454. The molecule has 192 valence electrons. The van der Waals surface area contributed by atoms with Crippen molar-refractivity contribution < 1.29 is 8.42 Å². The molecule has 0 amide bonds. The van der Waals surface area contributed by atoms with E-state index in [0.29, 0.717) is 33.5 Å². The van der Waals surface area contributed by atoms with Crippen LogP contribution in [0.2, 0.25) is 5.02 Å². The second kappa shape index (κ2) is 9.47. The Kier molecular flexibility index (Phi) is 6.64. The van der Waals surface area contributed by atoms with Crippen LogP contribution in [0.4, 0.5) is 5.69 Å². The van der Waals surface area contributed by atoms with E-state index in [9.17, 15) is 8.42 Å². The van der Waals surface area contributed by atoms with E-state index in [1.54, 1.807) is 6.33 Å². The average molecular weight is 528 g/mol. The molecule has 9 heteroatoms. The standard InChI is InChI=1S/C27H34ClN5O2S/c1-19-7-6-10-32(15-19)16-20-11-24(28)23-17-33(36(34,35)25(23)12-20)22-9-5-8-21(13-22)27(2,3)14-26-30-29-18-31(26)4/h5,8-9,11-13,18-19H,6-7,10,14-17H2,1-4H3/t19-/m0/s1. The average Bonchev–Trinajstić information content (AvgIpc) is 3.33. The number of anilines is 1. The molecule has 7 nitrogen and oxygen atoms in total. The number of nitrogens with zero attached hydrogens (tertiary/aromatic N) is 5. The van der Waals surface area contributed by atoms with Gasteiger partial charge >= 0.3 is 0 Å². The van der Waals surface area contributed by atoms with Gasteiger partial charge in [-0.25, -0.2) is 8.42 Å². The van der Waals surface area contributed by atoms with Crippen LogP contribution in [0.25, 0.3) is 0 Å². The van der Waals surface area contributed by atoms with Crippen molar-refractivity contribution in [1.29, 1.82) is 0 Å². The molecule has 1 fully saturated rings. The lowest BCUT2D eigenvalue weighted by Gasteiger charge is -2.30. The van der Waals surface area contributed by atoms with Crippen LogP contribution >= 0.6 is 11.6 Å². The minimum absolute atomic E-state index is 0.241. The largest absolute Gasteiger partial charge is 0.321 e. The van der Waals surface area contributed by atoms with E-state index in [2.05, 4.69) is 35.9 Å². The highest BCUT2D eigenvalue weighted by molar-refractivity contribution is 7.93. The molecule has 3 heterocycles. The van der Waals surface area contributed by atoms with Crippen molar-refractivity contribution in [1.82, 2.24) is 19.7 Å². The van der Waals surface area contributed by atoms with Crippen molar-refractivity contribution in [3.8, 4) is 0 Å². The predicted molar refractivity (Wildman–Crippen MR) is 143 cm³/mol. The smallest absolute Gasteiger partial charge is 0.265 e. The van der Waals surface area contributed by atoms with E-state index in [-0.39, 0.29) is 12.0 Å². The normalized spacial score (nSPS) is 20.0. The van der Waals surface area contributed by atoms with Gasteiger partial charge in [-0.2, -0.15) is 0 Å². The third-order valence-electron chi connectivity index (χ3n) is 7.55. The van der Waals surface area contributed by atoms with Crippen molar-refractivity contribution in [2.45, 2.75) is 63.4 Å². The Morgan fingerprint density at radius 2 is 2.00 bits per heavy atom. The fourth-order valence-electron chi connectivity index (χ4n) is 5.45. The first-order chi connectivity index (χ1) is 17.0. The second-order valence-corrected chi connectivity index (χ2v) is 13.3. The number of aryl methyl sites for hydroxylation is 1. The van der Waals surface area contributed by atoms with Crippen LogP contribution in [0.1, 0.15) is 56.1 Å². The van der Waals surface area contributed by atoms with Crippen LogP contribution in [-0.2, 0) is 42.0 Å². The van der Waals surface area contributed by atoms with Crippen molar-refractivity contribution in [2.24, 2.45) is 13.0 Å². The number of hydrogen-bond donors (Lipinski definition) is 0. The Bertz CT molecular complexity index is 1380. The number of hydrogen-bond acceptors (Lipinski definition) is 5. The monoisotopic (exact) mass is 527 g/mol. The zero-order valence-electron chi connectivity index (χ0n) is 21.4. The van der Waals surface area contributed by atoms with Gasteiger partial charge < -0.3 is 4.57 Å². The number of halogens is 1. The molecule has 5 rings (SSSR count). The summed E-state index contributed by atoms with van der Waals surface area (Å²) in [6.45, 7) is 9.58. The summed E-state index contributed by atoms with van der Waals surface area (Å²) in [5.74, 6) is 1.54. The SMILES string of the molecule is C[C@H]1CCCN(Cc2cc(Cl)c3c(c2)S(=O)(=O)N(c2cccc(C(C)(C)Cc4nncn4C)c2)C3)C1. The molecule has 0 aliphatic carbocycles. The Morgan fingerprint density at radius 1 is 1.19 bits per heavy atom. The van der Waals surface area contributed by atoms with Crippen LogP contribution < -0.4 is 4.31 Å². The van der Waals surface area contributed by atoms with Crippen molar-refractivity contribution >= 4 is 27.3 Å².